The van der Waals surface area contributed by atoms with Gasteiger partial charge in [-0.1, -0.05) is 42.8 Å². The summed E-state index contributed by atoms with van der Waals surface area (Å²) in [6.07, 6.45) is 5.22. The zero-order valence-electron chi connectivity index (χ0n) is 23.0. The van der Waals surface area contributed by atoms with Gasteiger partial charge >= 0.3 is 5.97 Å². The summed E-state index contributed by atoms with van der Waals surface area (Å²) in [6.45, 7) is 13.8. The standard InChI is InChI=1S/C30H39ClN2O6/c1-6-8-17-38-28(37)23-22-26(35)33(15-9-10-16-34)25(30(22)18-20(4)29(23,5)39-30)27(36)32(14-7-2)24-19(3)12-11-13-21(24)31/h6-7,11-13,20,22-23,25,34H,1-2,8-10,14-18H2,3-5H3/t20?,22-,23+,25?,29-,30?/m0/s1. The molecule has 0 saturated carbocycles. The lowest BCUT2D eigenvalue weighted by Gasteiger charge is -2.37. The number of unbranched alkanes of at least 4 members (excludes halogenated alkanes) is 1. The number of para-hydroxylation sites is 1. The van der Waals surface area contributed by atoms with Crippen LogP contribution in [0.25, 0.3) is 0 Å². The predicted octanol–water partition coefficient (Wildman–Crippen LogP) is 4.07. The van der Waals surface area contributed by atoms with Crippen LogP contribution in [0.3, 0.4) is 0 Å². The minimum absolute atomic E-state index is 0.0273. The monoisotopic (exact) mass is 558 g/mol. The van der Waals surface area contributed by atoms with E-state index in [0.29, 0.717) is 36.4 Å². The van der Waals surface area contributed by atoms with E-state index >= 15 is 0 Å². The zero-order chi connectivity index (χ0) is 28.5. The highest BCUT2D eigenvalue weighted by Gasteiger charge is 2.80. The first kappa shape index (κ1) is 29.3. The lowest BCUT2D eigenvalue weighted by Crippen LogP contribution is -2.57. The normalized spacial score (nSPS) is 30.8. The third-order valence-electron chi connectivity index (χ3n) is 8.71. The molecule has 3 unspecified atom stereocenters. The van der Waals surface area contributed by atoms with Gasteiger partial charge in [-0.2, -0.15) is 0 Å². The molecular weight excluding hydrogens is 520 g/mol. The molecule has 212 valence electrons. The predicted molar refractivity (Wildman–Crippen MR) is 149 cm³/mol. The van der Waals surface area contributed by atoms with Gasteiger partial charge in [0.2, 0.25) is 5.91 Å². The maximum atomic E-state index is 14.6. The molecule has 3 fully saturated rings. The van der Waals surface area contributed by atoms with Gasteiger partial charge in [0.05, 0.1) is 28.8 Å². The Hall–Kier alpha value is -2.68. The molecule has 9 heteroatoms. The summed E-state index contributed by atoms with van der Waals surface area (Å²) in [6, 6.07) is 4.45. The van der Waals surface area contributed by atoms with E-state index in [1.165, 1.54) is 0 Å². The fourth-order valence-corrected chi connectivity index (χ4v) is 7.20. The lowest BCUT2D eigenvalue weighted by molar-refractivity contribution is -0.161. The van der Waals surface area contributed by atoms with Crippen LogP contribution in [0.1, 0.15) is 45.1 Å². The van der Waals surface area contributed by atoms with Gasteiger partial charge in [0.25, 0.3) is 5.91 Å². The highest BCUT2D eigenvalue weighted by Crippen LogP contribution is 2.65. The minimum atomic E-state index is -1.20. The van der Waals surface area contributed by atoms with E-state index in [9.17, 15) is 19.5 Å². The van der Waals surface area contributed by atoms with Crippen molar-refractivity contribution in [3.05, 3.63) is 54.1 Å². The Kier molecular flexibility index (Phi) is 8.59. The second-order valence-electron chi connectivity index (χ2n) is 11.1. The van der Waals surface area contributed by atoms with Crippen LogP contribution in [0.5, 0.6) is 0 Å². The lowest BCUT2D eigenvalue weighted by atomic mass is 9.62. The first-order chi connectivity index (χ1) is 18.6. The topological polar surface area (TPSA) is 96.4 Å². The number of nitrogens with zero attached hydrogens (tertiary/aromatic N) is 2. The minimum Gasteiger partial charge on any atom is -0.465 e. The summed E-state index contributed by atoms with van der Waals surface area (Å²) >= 11 is 6.60. The summed E-state index contributed by atoms with van der Waals surface area (Å²) in [4.78, 5) is 45.4. The second kappa shape index (κ2) is 11.4. The van der Waals surface area contributed by atoms with Gasteiger partial charge in [-0.25, -0.2) is 0 Å². The Balaban J connectivity index is 1.81. The first-order valence-electron chi connectivity index (χ1n) is 13.7. The number of hydrogen-bond donors (Lipinski definition) is 1. The van der Waals surface area contributed by atoms with E-state index in [-0.39, 0.29) is 44.0 Å². The number of hydrogen-bond acceptors (Lipinski definition) is 6. The van der Waals surface area contributed by atoms with Crippen molar-refractivity contribution >= 4 is 35.1 Å². The molecule has 1 spiro atoms. The van der Waals surface area contributed by atoms with Crippen molar-refractivity contribution in [3.63, 3.8) is 0 Å². The van der Waals surface area contributed by atoms with Gasteiger partial charge in [-0.05, 0) is 57.1 Å². The molecule has 39 heavy (non-hydrogen) atoms. The van der Waals surface area contributed by atoms with Crippen molar-refractivity contribution in [3.8, 4) is 0 Å². The second-order valence-corrected chi connectivity index (χ2v) is 11.5. The van der Waals surface area contributed by atoms with E-state index < -0.39 is 35.0 Å². The number of ether oxygens (including phenoxy) is 2. The Morgan fingerprint density at radius 1 is 1.31 bits per heavy atom. The van der Waals surface area contributed by atoms with Crippen molar-refractivity contribution < 1.29 is 29.0 Å². The van der Waals surface area contributed by atoms with Crippen molar-refractivity contribution in [2.45, 2.75) is 63.7 Å². The number of amides is 2. The van der Waals surface area contributed by atoms with Gasteiger partial charge in [0, 0.05) is 19.7 Å². The molecule has 3 aliphatic rings. The number of carbonyl (C=O) groups is 3. The number of halogens is 1. The van der Waals surface area contributed by atoms with Crippen LogP contribution in [0.15, 0.2) is 43.5 Å². The largest absolute Gasteiger partial charge is 0.465 e. The maximum Gasteiger partial charge on any atom is 0.312 e. The number of aryl methyl sites for hydroxylation is 1. The molecule has 6 atom stereocenters. The summed E-state index contributed by atoms with van der Waals surface area (Å²) in [7, 11) is 0. The number of esters is 1. The van der Waals surface area contributed by atoms with Crippen molar-refractivity contribution in [1.82, 2.24) is 4.90 Å². The highest BCUT2D eigenvalue weighted by atomic mass is 35.5. The number of carbonyl (C=O) groups excluding carboxylic acids is 3. The molecule has 0 radical (unpaired) electrons. The van der Waals surface area contributed by atoms with E-state index in [2.05, 4.69) is 13.2 Å². The molecular formula is C30H39ClN2O6. The third kappa shape index (κ3) is 4.70. The quantitative estimate of drug-likeness (QED) is 0.236. The van der Waals surface area contributed by atoms with E-state index in [0.717, 1.165) is 5.56 Å². The third-order valence-corrected chi connectivity index (χ3v) is 9.02. The molecule has 1 N–H and O–H groups in total. The van der Waals surface area contributed by atoms with Crippen LogP contribution < -0.4 is 4.90 Å². The number of fused-ring (bicyclic) bond motifs is 1. The summed E-state index contributed by atoms with van der Waals surface area (Å²) in [5.41, 5.74) is -0.786. The number of aliphatic hydroxyl groups excluding tert-OH is 1. The van der Waals surface area contributed by atoms with Crippen molar-refractivity contribution in [2.24, 2.45) is 17.8 Å². The summed E-state index contributed by atoms with van der Waals surface area (Å²) in [5, 5.41) is 9.82. The molecule has 2 amide bonds. The van der Waals surface area contributed by atoms with Crippen LogP contribution >= 0.6 is 11.6 Å². The number of anilines is 1. The summed E-state index contributed by atoms with van der Waals surface area (Å²) in [5.74, 6) is -2.90. The molecule has 3 heterocycles. The molecule has 0 aliphatic carbocycles. The van der Waals surface area contributed by atoms with Gasteiger partial charge < -0.3 is 24.4 Å². The Morgan fingerprint density at radius 2 is 2.05 bits per heavy atom. The van der Waals surface area contributed by atoms with Crippen LogP contribution in [-0.4, -0.2) is 71.3 Å². The molecule has 3 saturated heterocycles. The number of rotatable bonds is 12. The van der Waals surface area contributed by atoms with Gasteiger partial charge in [-0.15, -0.1) is 13.2 Å². The average Bonchev–Trinajstić information content (AvgIpc) is 3.40. The smallest absolute Gasteiger partial charge is 0.312 e. The van der Waals surface area contributed by atoms with Crippen LogP contribution in [0.4, 0.5) is 5.69 Å². The fraction of sp³-hybridized carbons (Fsp3) is 0.567. The van der Waals surface area contributed by atoms with E-state index in [1.807, 2.05) is 32.9 Å². The molecule has 3 aliphatic heterocycles. The molecule has 0 aromatic heterocycles. The van der Waals surface area contributed by atoms with Gasteiger partial charge in [0.15, 0.2) is 0 Å². The molecule has 1 aromatic carbocycles. The van der Waals surface area contributed by atoms with Gasteiger partial charge in [0.1, 0.15) is 17.6 Å². The Labute approximate surface area is 235 Å². The van der Waals surface area contributed by atoms with Crippen LogP contribution in [-0.2, 0) is 23.9 Å². The fourth-order valence-electron chi connectivity index (χ4n) is 6.88. The van der Waals surface area contributed by atoms with Crippen molar-refractivity contribution in [1.29, 1.82) is 0 Å². The van der Waals surface area contributed by atoms with Crippen molar-refractivity contribution in [2.75, 3.05) is 31.2 Å². The highest BCUT2D eigenvalue weighted by molar-refractivity contribution is 6.34. The van der Waals surface area contributed by atoms with E-state index in [4.69, 9.17) is 21.1 Å². The molecule has 8 nitrogen and oxygen atoms in total. The molecule has 2 bridgehead atoms. The van der Waals surface area contributed by atoms with Crippen LogP contribution in [0, 0.1) is 24.7 Å². The Bertz CT molecular complexity index is 1140. The maximum absolute atomic E-state index is 14.6. The average molecular weight is 559 g/mol. The number of likely N-dealkylation sites (tertiary alicyclic amines) is 1. The SMILES string of the molecule is C=CCCOC(=O)[C@H]1[C@H]2C(=O)N(CCCCO)C(C(=O)N(CC=C)c3c(C)cccc3Cl)C23CC(C)[C@]1(C)O3. The van der Waals surface area contributed by atoms with Gasteiger partial charge in [-0.3, -0.25) is 14.4 Å². The number of aliphatic hydroxyl groups is 1. The summed E-state index contributed by atoms with van der Waals surface area (Å²) < 4.78 is 12.3. The number of benzene rings is 1. The molecule has 1 aromatic rings. The zero-order valence-corrected chi connectivity index (χ0v) is 23.8. The van der Waals surface area contributed by atoms with Crippen LogP contribution in [0.2, 0.25) is 5.02 Å². The molecule has 4 rings (SSSR count). The Morgan fingerprint density at radius 3 is 2.69 bits per heavy atom. The van der Waals surface area contributed by atoms with E-state index in [1.54, 1.807) is 28.0 Å². The first-order valence-corrected chi connectivity index (χ1v) is 14.0.